The van der Waals surface area contributed by atoms with Gasteiger partial charge in [0.2, 0.25) is 17.8 Å². The number of aliphatic hydroxyl groups is 4. The van der Waals surface area contributed by atoms with Crippen molar-refractivity contribution < 1.29 is 59.1 Å². The summed E-state index contributed by atoms with van der Waals surface area (Å²) < 4.78 is 27.5. The fourth-order valence-corrected chi connectivity index (χ4v) is 3.79. The van der Waals surface area contributed by atoms with Crippen LogP contribution < -0.4 is 14.2 Å². The monoisotopic (exact) mass is 493 g/mol. The van der Waals surface area contributed by atoms with E-state index in [1.165, 1.54) is 38.5 Å². The quantitative estimate of drug-likeness (QED) is 0.238. The Kier molecular flexibility index (Phi) is 6.74. The first kappa shape index (κ1) is 24.6. The maximum absolute atomic E-state index is 10.4. The number of methoxy groups -OCH3 is 2. The SMILES string of the molecule is COc1cc(-c2[o+]c3cc(O)cc(O)c3cc2OC2OC(CO)C(O)C(O)C2O)cc(OC)c1O. The van der Waals surface area contributed by atoms with E-state index in [1.807, 2.05) is 0 Å². The summed E-state index contributed by atoms with van der Waals surface area (Å²) in [4.78, 5) is 0. The van der Waals surface area contributed by atoms with Crippen LogP contribution in [0, 0.1) is 0 Å². The van der Waals surface area contributed by atoms with Crippen molar-refractivity contribution in [1.29, 1.82) is 0 Å². The fraction of sp³-hybridized carbons (Fsp3) is 0.348. The normalized spacial score (nSPS) is 24.3. The van der Waals surface area contributed by atoms with Crippen LogP contribution in [0.1, 0.15) is 0 Å². The van der Waals surface area contributed by atoms with E-state index in [4.69, 9.17) is 23.4 Å². The molecule has 7 N–H and O–H groups in total. The molecule has 2 aromatic carbocycles. The summed E-state index contributed by atoms with van der Waals surface area (Å²) in [6.07, 6.45) is -7.77. The van der Waals surface area contributed by atoms with Gasteiger partial charge in [-0.25, -0.2) is 4.42 Å². The second-order valence-corrected chi connectivity index (χ2v) is 7.86. The Morgan fingerprint density at radius 3 is 2.11 bits per heavy atom. The molecule has 0 spiro atoms. The maximum Gasteiger partial charge on any atom is 0.402 e. The summed E-state index contributed by atoms with van der Waals surface area (Å²) >= 11 is 0. The molecule has 0 saturated carbocycles. The molecular weight excluding hydrogens is 468 g/mol. The average Bonchev–Trinajstić information content (AvgIpc) is 2.84. The lowest BCUT2D eigenvalue weighted by Crippen LogP contribution is -2.60. The molecule has 1 aliphatic rings. The van der Waals surface area contributed by atoms with Crippen molar-refractivity contribution in [3.05, 3.63) is 30.3 Å². The summed E-state index contributed by atoms with van der Waals surface area (Å²) in [7, 11) is 2.66. The van der Waals surface area contributed by atoms with Gasteiger partial charge in [-0.2, -0.15) is 0 Å². The van der Waals surface area contributed by atoms with Gasteiger partial charge in [0, 0.05) is 24.3 Å². The Morgan fingerprint density at radius 1 is 0.857 bits per heavy atom. The molecule has 0 aliphatic carbocycles. The molecule has 0 bridgehead atoms. The summed E-state index contributed by atoms with van der Waals surface area (Å²) in [5.74, 6) is -0.928. The van der Waals surface area contributed by atoms with E-state index in [0.717, 1.165) is 6.07 Å². The molecule has 0 amide bonds. The largest absolute Gasteiger partial charge is 0.507 e. The number of hydrogen-bond acceptors (Lipinski definition) is 11. The van der Waals surface area contributed by atoms with Gasteiger partial charge in [-0.3, -0.25) is 0 Å². The molecule has 1 aliphatic heterocycles. The second-order valence-electron chi connectivity index (χ2n) is 7.86. The lowest BCUT2D eigenvalue weighted by atomic mass is 9.99. The maximum atomic E-state index is 10.4. The van der Waals surface area contributed by atoms with Crippen molar-refractivity contribution in [2.75, 3.05) is 20.8 Å². The first-order valence-corrected chi connectivity index (χ1v) is 10.4. The molecule has 5 atom stereocenters. The first-order chi connectivity index (χ1) is 16.7. The zero-order valence-electron chi connectivity index (χ0n) is 18.7. The highest BCUT2D eigenvalue weighted by Crippen LogP contribution is 2.45. The highest BCUT2D eigenvalue weighted by Gasteiger charge is 2.45. The third kappa shape index (κ3) is 4.45. The number of phenolic OH excluding ortho intramolecular Hbond substituents is 3. The van der Waals surface area contributed by atoms with E-state index in [-0.39, 0.29) is 56.8 Å². The van der Waals surface area contributed by atoms with Crippen molar-refractivity contribution in [2.24, 2.45) is 0 Å². The van der Waals surface area contributed by atoms with Gasteiger partial charge < -0.3 is 54.7 Å². The van der Waals surface area contributed by atoms with Gasteiger partial charge in [0.15, 0.2) is 11.5 Å². The van der Waals surface area contributed by atoms with Crippen LogP contribution in [-0.4, -0.2) is 87.3 Å². The lowest BCUT2D eigenvalue weighted by Gasteiger charge is -2.39. The van der Waals surface area contributed by atoms with Gasteiger partial charge in [-0.1, -0.05) is 0 Å². The number of phenols is 3. The van der Waals surface area contributed by atoms with Gasteiger partial charge in [-0.05, 0) is 0 Å². The number of ether oxygens (including phenoxy) is 4. The topological polar surface area (TPSA) is 190 Å². The molecule has 12 heteroatoms. The first-order valence-electron chi connectivity index (χ1n) is 10.4. The highest BCUT2D eigenvalue weighted by atomic mass is 16.7. The van der Waals surface area contributed by atoms with Crippen LogP contribution in [0.2, 0.25) is 0 Å². The van der Waals surface area contributed by atoms with Crippen LogP contribution in [0.3, 0.4) is 0 Å². The zero-order valence-corrected chi connectivity index (χ0v) is 18.7. The molecule has 0 radical (unpaired) electrons. The van der Waals surface area contributed by atoms with Gasteiger partial charge in [0.1, 0.15) is 41.3 Å². The molecular formula is C23H25O12+. The zero-order chi connectivity index (χ0) is 25.4. The average molecular weight is 493 g/mol. The van der Waals surface area contributed by atoms with Crippen LogP contribution in [0.4, 0.5) is 0 Å². The Morgan fingerprint density at radius 2 is 1.51 bits per heavy atom. The van der Waals surface area contributed by atoms with E-state index in [1.54, 1.807) is 0 Å². The van der Waals surface area contributed by atoms with Crippen molar-refractivity contribution in [3.63, 3.8) is 0 Å². The Labute approximate surface area is 198 Å². The van der Waals surface area contributed by atoms with Gasteiger partial charge in [0.25, 0.3) is 0 Å². The summed E-state index contributed by atoms with van der Waals surface area (Å²) in [6.45, 7) is -0.661. The number of benzene rings is 2. The predicted molar refractivity (Wildman–Crippen MR) is 119 cm³/mol. The molecule has 1 saturated heterocycles. The fourth-order valence-electron chi connectivity index (χ4n) is 3.79. The van der Waals surface area contributed by atoms with Crippen molar-refractivity contribution >= 4 is 11.0 Å². The highest BCUT2D eigenvalue weighted by molar-refractivity contribution is 5.88. The number of aliphatic hydroxyl groups excluding tert-OH is 4. The van der Waals surface area contributed by atoms with Crippen LogP contribution in [0.5, 0.6) is 34.5 Å². The Hall–Kier alpha value is -3.55. The molecule has 4 rings (SSSR count). The Balaban J connectivity index is 1.89. The number of fused-ring (bicyclic) bond motifs is 1. The van der Waals surface area contributed by atoms with Crippen LogP contribution >= 0.6 is 0 Å². The molecule has 188 valence electrons. The van der Waals surface area contributed by atoms with Crippen LogP contribution in [0.15, 0.2) is 34.7 Å². The van der Waals surface area contributed by atoms with Crippen molar-refractivity contribution in [3.8, 4) is 45.8 Å². The summed E-state index contributed by atoms with van der Waals surface area (Å²) in [5, 5.41) is 70.7. The molecule has 35 heavy (non-hydrogen) atoms. The van der Waals surface area contributed by atoms with E-state index >= 15 is 0 Å². The van der Waals surface area contributed by atoms with Crippen molar-refractivity contribution in [2.45, 2.75) is 30.7 Å². The van der Waals surface area contributed by atoms with Gasteiger partial charge >= 0.3 is 11.3 Å². The van der Waals surface area contributed by atoms with E-state index in [0.29, 0.717) is 0 Å². The van der Waals surface area contributed by atoms with Crippen LogP contribution in [-0.2, 0) is 4.74 Å². The molecule has 1 aromatic heterocycles. The van der Waals surface area contributed by atoms with Crippen LogP contribution in [0.25, 0.3) is 22.3 Å². The van der Waals surface area contributed by atoms with Gasteiger partial charge in [-0.15, -0.1) is 0 Å². The van der Waals surface area contributed by atoms with Gasteiger partial charge in [0.05, 0.1) is 32.5 Å². The minimum absolute atomic E-state index is 0.0175. The predicted octanol–water partition coefficient (Wildman–Crippen LogP) is 0.694. The third-order valence-corrected chi connectivity index (χ3v) is 5.65. The molecule has 5 unspecified atom stereocenters. The molecule has 3 aromatic rings. The van der Waals surface area contributed by atoms with E-state index < -0.39 is 37.3 Å². The van der Waals surface area contributed by atoms with E-state index in [9.17, 15) is 35.7 Å². The lowest BCUT2D eigenvalue weighted by molar-refractivity contribution is -0.277. The number of aromatic hydroxyl groups is 3. The standard InChI is InChI=1S/C23H24O12/c1-31-14-3-9(4-15(32-2)18(14)27)22-16(7-11-12(26)5-10(25)6-13(11)33-22)34-23-21(30)20(29)19(28)17(8-24)35-23/h3-7,17,19-21,23-24,28-30H,8H2,1-2H3,(H2-,25,26,27)/p+1. The number of hydrogen-bond donors (Lipinski definition) is 7. The third-order valence-electron chi connectivity index (χ3n) is 5.65. The summed E-state index contributed by atoms with van der Waals surface area (Å²) in [5.41, 5.74) is 0.325. The molecule has 1 fully saturated rings. The van der Waals surface area contributed by atoms with E-state index in [2.05, 4.69) is 0 Å². The number of rotatable bonds is 6. The molecule has 2 heterocycles. The van der Waals surface area contributed by atoms with Crippen molar-refractivity contribution in [1.82, 2.24) is 0 Å². The summed E-state index contributed by atoms with van der Waals surface area (Å²) in [6, 6.07) is 6.50. The minimum atomic E-state index is -1.71. The molecule has 12 nitrogen and oxygen atoms in total. The second kappa shape index (κ2) is 9.60. The minimum Gasteiger partial charge on any atom is -0.507 e. The Bertz CT molecular complexity index is 1200. The smallest absolute Gasteiger partial charge is 0.402 e.